The quantitative estimate of drug-likeness (QED) is 0.0261. The second-order valence-corrected chi connectivity index (χ2v) is 22.4. The van der Waals surface area contributed by atoms with Gasteiger partial charge in [-0.2, -0.15) is 0 Å². The number of allylic oxidation sites excluding steroid dienone is 8. The first kappa shape index (κ1) is 72.4. The van der Waals surface area contributed by atoms with Crippen molar-refractivity contribution >= 4 is 17.9 Å². The Bertz CT molecular complexity index is 1300. The zero-order valence-electron chi connectivity index (χ0n) is 50.3. The maximum absolute atomic E-state index is 12.9. The molecule has 0 heterocycles. The van der Waals surface area contributed by atoms with Crippen LogP contribution in [0.3, 0.4) is 0 Å². The molecular weight excluding hydrogens is 925 g/mol. The summed E-state index contributed by atoms with van der Waals surface area (Å²) in [6.07, 6.45) is 79.7. The van der Waals surface area contributed by atoms with Crippen LogP contribution in [0, 0.1) is 0 Å². The molecule has 0 aromatic heterocycles. The lowest BCUT2D eigenvalue weighted by Gasteiger charge is -2.18. The summed E-state index contributed by atoms with van der Waals surface area (Å²) < 4.78 is 17.0. The van der Waals surface area contributed by atoms with E-state index in [-0.39, 0.29) is 31.1 Å². The first-order valence-electron chi connectivity index (χ1n) is 33.1. The third kappa shape index (κ3) is 62.1. The predicted octanol–water partition coefficient (Wildman–Crippen LogP) is 22.6. The van der Waals surface area contributed by atoms with Crippen molar-refractivity contribution in [1.29, 1.82) is 0 Å². The van der Waals surface area contributed by atoms with E-state index in [1.807, 2.05) is 0 Å². The Morgan fingerprint density at radius 2 is 0.480 bits per heavy atom. The van der Waals surface area contributed by atoms with Gasteiger partial charge in [0.2, 0.25) is 0 Å². The summed E-state index contributed by atoms with van der Waals surface area (Å²) >= 11 is 0. The smallest absolute Gasteiger partial charge is 0.306 e. The number of hydrogen-bond donors (Lipinski definition) is 0. The first-order valence-corrected chi connectivity index (χ1v) is 33.1. The molecule has 0 aliphatic heterocycles. The van der Waals surface area contributed by atoms with Crippen LogP contribution < -0.4 is 0 Å². The van der Waals surface area contributed by atoms with Crippen LogP contribution in [0.4, 0.5) is 0 Å². The van der Waals surface area contributed by atoms with E-state index >= 15 is 0 Å². The molecule has 0 aliphatic rings. The molecule has 1 unspecified atom stereocenters. The van der Waals surface area contributed by atoms with Crippen LogP contribution in [0.5, 0.6) is 0 Å². The lowest BCUT2D eigenvalue weighted by molar-refractivity contribution is -0.167. The van der Waals surface area contributed by atoms with E-state index in [0.29, 0.717) is 19.3 Å². The zero-order valence-corrected chi connectivity index (χ0v) is 50.3. The van der Waals surface area contributed by atoms with Gasteiger partial charge in [-0.1, -0.05) is 301 Å². The maximum Gasteiger partial charge on any atom is 0.306 e. The van der Waals surface area contributed by atoms with Crippen LogP contribution >= 0.6 is 0 Å². The number of carbonyl (C=O) groups excluding carboxylic acids is 3. The Hall–Kier alpha value is -2.63. The Kier molecular flexibility index (Phi) is 61.7. The van der Waals surface area contributed by atoms with Gasteiger partial charge in [0.15, 0.2) is 6.10 Å². The molecule has 0 aromatic carbocycles. The number of ether oxygens (including phenoxy) is 3. The fraction of sp³-hybridized carbons (Fsp3) is 0.841. The van der Waals surface area contributed by atoms with Crippen molar-refractivity contribution in [1.82, 2.24) is 0 Å². The van der Waals surface area contributed by atoms with Crippen molar-refractivity contribution in [3.05, 3.63) is 48.6 Å². The average Bonchev–Trinajstić information content (AvgIpc) is 3.41. The molecule has 0 fully saturated rings. The number of esters is 3. The van der Waals surface area contributed by atoms with E-state index < -0.39 is 6.10 Å². The second kappa shape index (κ2) is 63.9. The Morgan fingerprint density at radius 3 is 0.760 bits per heavy atom. The van der Waals surface area contributed by atoms with Gasteiger partial charge in [-0.05, 0) is 83.5 Å². The van der Waals surface area contributed by atoms with Crippen molar-refractivity contribution in [2.45, 2.75) is 361 Å². The van der Waals surface area contributed by atoms with Gasteiger partial charge in [0.25, 0.3) is 0 Å². The Balaban J connectivity index is 4.37. The fourth-order valence-electron chi connectivity index (χ4n) is 9.80. The lowest BCUT2D eigenvalue weighted by atomic mass is 10.0. The predicted molar refractivity (Wildman–Crippen MR) is 325 cm³/mol. The highest BCUT2D eigenvalue weighted by molar-refractivity contribution is 5.71. The van der Waals surface area contributed by atoms with E-state index in [4.69, 9.17) is 14.2 Å². The molecule has 0 saturated carbocycles. The van der Waals surface area contributed by atoms with Gasteiger partial charge in [0.05, 0.1) is 0 Å². The van der Waals surface area contributed by atoms with Crippen LogP contribution in [0.15, 0.2) is 48.6 Å². The van der Waals surface area contributed by atoms with Gasteiger partial charge in [0, 0.05) is 19.3 Å². The number of rotatable bonds is 61. The number of hydrogen-bond acceptors (Lipinski definition) is 6. The van der Waals surface area contributed by atoms with Crippen molar-refractivity contribution < 1.29 is 28.6 Å². The maximum atomic E-state index is 12.9. The van der Waals surface area contributed by atoms with E-state index in [9.17, 15) is 14.4 Å². The highest BCUT2D eigenvalue weighted by atomic mass is 16.6. The normalized spacial score (nSPS) is 12.3. The molecule has 6 heteroatoms. The summed E-state index contributed by atoms with van der Waals surface area (Å²) in [5.41, 5.74) is 0. The molecule has 0 N–H and O–H groups in total. The largest absolute Gasteiger partial charge is 0.462 e. The van der Waals surface area contributed by atoms with Crippen LogP contribution in [-0.2, 0) is 28.6 Å². The Morgan fingerprint density at radius 1 is 0.267 bits per heavy atom. The van der Waals surface area contributed by atoms with Gasteiger partial charge >= 0.3 is 17.9 Å². The summed E-state index contributed by atoms with van der Waals surface area (Å²) in [4.78, 5) is 38.4. The molecule has 0 rings (SSSR count). The van der Waals surface area contributed by atoms with Gasteiger partial charge in [-0.15, -0.1) is 0 Å². The summed E-state index contributed by atoms with van der Waals surface area (Å²) in [6, 6.07) is 0. The SMILES string of the molecule is CCCCCCC/C=C\C/C=C\C/C=C\CCCCCCCCC(=O)OCC(COC(=O)CCCCCCCCCCCCCCCCCCCC)OC(=O)CCCCCCCCC/C=C\CCCCCCCCC. The second-order valence-electron chi connectivity index (χ2n) is 22.4. The highest BCUT2D eigenvalue weighted by Crippen LogP contribution is 2.17. The fourth-order valence-corrected chi connectivity index (χ4v) is 9.80. The van der Waals surface area contributed by atoms with Gasteiger partial charge in [0.1, 0.15) is 13.2 Å². The molecular formula is C69H126O6. The minimum Gasteiger partial charge on any atom is -0.462 e. The van der Waals surface area contributed by atoms with Crippen molar-refractivity contribution in [3.8, 4) is 0 Å². The van der Waals surface area contributed by atoms with Gasteiger partial charge in [-0.3, -0.25) is 14.4 Å². The Labute approximate surface area is 467 Å². The molecule has 75 heavy (non-hydrogen) atoms. The molecule has 438 valence electrons. The topological polar surface area (TPSA) is 78.9 Å². The number of unbranched alkanes of at least 4 members (excludes halogenated alkanes) is 42. The minimum atomic E-state index is -0.780. The zero-order chi connectivity index (χ0) is 54.3. The van der Waals surface area contributed by atoms with E-state index in [1.165, 1.54) is 238 Å². The molecule has 0 bridgehead atoms. The molecule has 0 aliphatic carbocycles. The molecule has 1 atom stereocenters. The molecule has 0 saturated heterocycles. The number of carbonyl (C=O) groups is 3. The standard InChI is InChI=1S/C69H126O6/c1-4-7-10-13-16-19-22-25-28-31-34-35-36-39-41-44-47-50-53-56-59-62-68(71)74-65-66(75-69(72)63-60-57-54-51-48-45-42-38-33-30-27-24-21-18-15-12-9-6-3)64-73-67(70)61-58-55-52-49-46-43-40-37-32-29-26-23-20-17-14-11-8-5-2/h22,25,30-31,33-34,36,39,66H,4-21,23-24,26-29,32,35,37-38,40-65H2,1-3H3/b25-22-,33-30-,34-31-,39-36-. The lowest BCUT2D eigenvalue weighted by Crippen LogP contribution is -2.30. The molecule has 6 nitrogen and oxygen atoms in total. The van der Waals surface area contributed by atoms with Gasteiger partial charge in [-0.25, -0.2) is 0 Å². The minimum absolute atomic E-state index is 0.0753. The average molecular weight is 1050 g/mol. The van der Waals surface area contributed by atoms with E-state index in [2.05, 4.69) is 69.4 Å². The molecule has 0 aromatic rings. The monoisotopic (exact) mass is 1050 g/mol. The van der Waals surface area contributed by atoms with Crippen LogP contribution in [0.2, 0.25) is 0 Å². The van der Waals surface area contributed by atoms with E-state index in [1.54, 1.807) is 0 Å². The summed E-state index contributed by atoms with van der Waals surface area (Å²) in [6.45, 7) is 6.67. The van der Waals surface area contributed by atoms with Crippen molar-refractivity contribution in [3.63, 3.8) is 0 Å². The molecule has 0 amide bonds. The van der Waals surface area contributed by atoms with Crippen LogP contribution in [0.25, 0.3) is 0 Å². The molecule has 0 radical (unpaired) electrons. The van der Waals surface area contributed by atoms with Gasteiger partial charge < -0.3 is 14.2 Å². The first-order chi connectivity index (χ1) is 37.0. The summed E-state index contributed by atoms with van der Waals surface area (Å²) in [5, 5.41) is 0. The van der Waals surface area contributed by atoms with E-state index in [0.717, 1.165) is 77.0 Å². The van der Waals surface area contributed by atoms with Crippen molar-refractivity contribution in [2.75, 3.05) is 13.2 Å². The van der Waals surface area contributed by atoms with Crippen molar-refractivity contribution in [2.24, 2.45) is 0 Å². The molecule has 0 spiro atoms. The highest BCUT2D eigenvalue weighted by Gasteiger charge is 2.19. The summed E-state index contributed by atoms with van der Waals surface area (Å²) in [7, 11) is 0. The third-order valence-electron chi connectivity index (χ3n) is 14.8. The summed E-state index contributed by atoms with van der Waals surface area (Å²) in [5.74, 6) is -0.870. The third-order valence-corrected chi connectivity index (χ3v) is 14.8. The van der Waals surface area contributed by atoms with Crippen LogP contribution in [0.1, 0.15) is 355 Å². The van der Waals surface area contributed by atoms with Crippen LogP contribution in [-0.4, -0.2) is 37.2 Å².